The smallest absolute Gasteiger partial charge is 0.257 e. The molecule has 6 rings (SSSR count). The number of anilines is 2. The molecule has 180 valence electrons. The van der Waals surface area contributed by atoms with Crippen molar-refractivity contribution in [1.29, 1.82) is 0 Å². The Morgan fingerprint density at radius 1 is 1.00 bits per heavy atom. The highest BCUT2D eigenvalue weighted by molar-refractivity contribution is 6.10. The third-order valence-electron chi connectivity index (χ3n) is 7.19. The highest BCUT2D eigenvalue weighted by Gasteiger charge is 2.52. The first-order valence-corrected chi connectivity index (χ1v) is 12.0. The van der Waals surface area contributed by atoms with Crippen LogP contribution in [0.1, 0.15) is 36.5 Å². The average Bonchev–Trinajstić information content (AvgIpc) is 3.45. The predicted octanol–water partition coefficient (Wildman–Crippen LogP) is 4.35. The third-order valence-corrected chi connectivity index (χ3v) is 7.19. The van der Waals surface area contributed by atoms with Crippen LogP contribution in [0, 0.1) is 0 Å². The van der Waals surface area contributed by atoms with Crippen LogP contribution in [0.25, 0.3) is 16.7 Å². The molecule has 0 saturated carbocycles. The summed E-state index contributed by atoms with van der Waals surface area (Å²) in [5.74, 6) is -0.344. The molecule has 8 heteroatoms. The van der Waals surface area contributed by atoms with E-state index in [4.69, 9.17) is 0 Å². The summed E-state index contributed by atoms with van der Waals surface area (Å²) < 4.78 is 2.00. The van der Waals surface area contributed by atoms with Crippen LogP contribution in [0.2, 0.25) is 0 Å². The number of nitrogens with one attached hydrogen (secondary N) is 1. The van der Waals surface area contributed by atoms with E-state index in [1.165, 1.54) is 0 Å². The van der Waals surface area contributed by atoms with Crippen molar-refractivity contribution in [3.63, 3.8) is 0 Å². The molecular formula is C28H25N5O3. The Bertz CT molecular complexity index is 1510. The molecule has 4 aromatic rings. The second-order valence-electron chi connectivity index (χ2n) is 9.37. The summed E-state index contributed by atoms with van der Waals surface area (Å²) in [6.45, 7) is 2.13. The standard InChI is InChI=1S/C28H25N5O3/c1-28-16-14-26(35)33(28)23-8-4-2-6-21(23)27(36)32(28)17-15-25(34)30-19-10-12-20(13-11-19)31-18-29-22-7-3-5-9-24(22)31/h2-13,18H,14-17H2,1H3,(H,30,34). The van der Waals surface area contributed by atoms with E-state index in [2.05, 4.69) is 10.3 Å². The molecule has 1 N–H and O–H groups in total. The minimum absolute atomic E-state index is 0.00216. The van der Waals surface area contributed by atoms with Gasteiger partial charge >= 0.3 is 0 Å². The maximum atomic E-state index is 13.3. The molecule has 2 aliphatic heterocycles. The third kappa shape index (κ3) is 3.45. The fourth-order valence-corrected chi connectivity index (χ4v) is 5.35. The molecule has 0 bridgehead atoms. The lowest BCUT2D eigenvalue weighted by atomic mass is 9.98. The molecule has 0 aliphatic carbocycles. The molecule has 1 fully saturated rings. The zero-order chi connectivity index (χ0) is 24.9. The van der Waals surface area contributed by atoms with Crippen LogP contribution < -0.4 is 10.2 Å². The van der Waals surface area contributed by atoms with Crippen LogP contribution in [0.5, 0.6) is 0 Å². The van der Waals surface area contributed by atoms with Gasteiger partial charge in [0.2, 0.25) is 11.8 Å². The summed E-state index contributed by atoms with van der Waals surface area (Å²) in [6, 6.07) is 22.6. The maximum absolute atomic E-state index is 13.3. The molecule has 1 saturated heterocycles. The van der Waals surface area contributed by atoms with E-state index < -0.39 is 5.66 Å². The number of rotatable bonds is 5. The summed E-state index contributed by atoms with van der Waals surface area (Å²) in [5.41, 5.74) is 3.92. The van der Waals surface area contributed by atoms with E-state index >= 15 is 0 Å². The number of carbonyl (C=O) groups excluding carboxylic acids is 3. The predicted molar refractivity (Wildman–Crippen MR) is 137 cm³/mol. The van der Waals surface area contributed by atoms with E-state index in [1.807, 2.05) is 72.2 Å². The van der Waals surface area contributed by atoms with E-state index in [9.17, 15) is 14.4 Å². The first-order valence-electron chi connectivity index (χ1n) is 12.0. The van der Waals surface area contributed by atoms with Crippen molar-refractivity contribution in [3.05, 3.63) is 84.7 Å². The van der Waals surface area contributed by atoms with E-state index in [0.29, 0.717) is 29.8 Å². The molecule has 0 radical (unpaired) electrons. The van der Waals surface area contributed by atoms with Gasteiger partial charge in [-0.25, -0.2) is 4.98 Å². The average molecular weight is 480 g/mol. The fraction of sp³-hybridized carbons (Fsp3) is 0.214. The molecule has 3 aromatic carbocycles. The van der Waals surface area contributed by atoms with Gasteiger partial charge in [0.1, 0.15) is 12.0 Å². The number of fused-ring (bicyclic) bond motifs is 4. The number of amides is 3. The first-order chi connectivity index (χ1) is 17.5. The van der Waals surface area contributed by atoms with Gasteiger partial charge in [0.25, 0.3) is 5.91 Å². The summed E-state index contributed by atoms with van der Waals surface area (Å²) in [5, 5.41) is 2.92. The van der Waals surface area contributed by atoms with Crippen molar-refractivity contribution in [3.8, 4) is 5.69 Å². The van der Waals surface area contributed by atoms with Crippen LogP contribution in [0.3, 0.4) is 0 Å². The van der Waals surface area contributed by atoms with Crippen molar-refractivity contribution in [1.82, 2.24) is 14.5 Å². The van der Waals surface area contributed by atoms with E-state index in [-0.39, 0.29) is 30.7 Å². The Morgan fingerprint density at radius 3 is 2.58 bits per heavy atom. The lowest BCUT2D eigenvalue weighted by Crippen LogP contribution is -2.62. The lowest BCUT2D eigenvalue weighted by Gasteiger charge is -2.48. The van der Waals surface area contributed by atoms with Gasteiger partial charge in [-0.05, 0) is 61.9 Å². The number of imidazole rings is 1. The molecule has 3 amide bonds. The van der Waals surface area contributed by atoms with Crippen molar-refractivity contribution in [2.45, 2.75) is 31.8 Å². The van der Waals surface area contributed by atoms with Crippen molar-refractivity contribution >= 4 is 40.1 Å². The number of para-hydroxylation sites is 3. The number of benzene rings is 3. The van der Waals surface area contributed by atoms with Gasteiger partial charge in [0, 0.05) is 30.8 Å². The highest BCUT2D eigenvalue weighted by Crippen LogP contribution is 2.44. The van der Waals surface area contributed by atoms with Gasteiger partial charge < -0.3 is 10.2 Å². The zero-order valence-electron chi connectivity index (χ0n) is 19.8. The summed E-state index contributed by atoms with van der Waals surface area (Å²) in [6.07, 6.45) is 2.82. The fourth-order valence-electron chi connectivity index (χ4n) is 5.35. The number of nitrogens with zero attached hydrogens (tertiary/aromatic N) is 4. The molecule has 0 spiro atoms. The zero-order valence-corrected chi connectivity index (χ0v) is 19.8. The Hall–Kier alpha value is -4.46. The van der Waals surface area contributed by atoms with Gasteiger partial charge in [-0.3, -0.25) is 23.9 Å². The molecule has 2 aliphatic rings. The number of carbonyl (C=O) groups is 3. The normalized spacial score (nSPS) is 18.9. The topological polar surface area (TPSA) is 87.5 Å². The summed E-state index contributed by atoms with van der Waals surface area (Å²) >= 11 is 0. The molecule has 36 heavy (non-hydrogen) atoms. The molecule has 8 nitrogen and oxygen atoms in total. The van der Waals surface area contributed by atoms with Gasteiger partial charge in [-0.15, -0.1) is 0 Å². The van der Waals surface area contributed by atoms with Crippen molar-refractivity contribution in [2.24, 2.45) is 0 Å². The minimum atomic E-state index is -0.766. The SMILES string of the molecule is CC12CCC(=O)N1c1ccccc1C(=O)N2CCC(=O)Nc1ccc(-n2cnc3ccccc32)cc1. The second kappa shape index (κ2) is 8.34. The Labute approximate surface area is 208 Å². The van der Waals surface area contributed by atoms with Gasteiger partial charge in [0.05, 0.1) is 22.3 Å². The van der Waals surface area contributed by atoms with Crippen molar-refractivity contribution in [2.75, 3.05) is 16.8 Å². The van der Waals surface area contributed by atoms with Gasteiger partial charge in [-0.1, -0.05) is 24.3 Å². The van der Waals surface area contributed by atoms with Crippen LogP contribution in [0.4, 0.5) is 11.4 Å². The molecule has 1 atom stereocenters. The first kappa shape index (κ1) is 22.0. The second-order valence-corrected chi connectivity index (χ2v) is 9.37. The molecule has 1 aromatic heterocycles. The lowest BCUT2D eigenvalue weighted by molar-refractivity contribution is -0.117. The quantitative estimate of drug-likeness (QED) is 0.461. The number of hydrogen-bond donors (Lipinski definition) is 1. The summed E-state index contributed by atoms with van der Waals surface area (Å²) in [7, 11) is 0. The minimum Gasteiger partial charge on any atom is -0.326 e. The Balaban J connectivity index is 1.16. The number of hydrogen-bond acceptors (Lipinski definition) is 4. The monoisotopic (exact) mass is 479 g/mol. The highest BCUT2D eigenvalue weighted by atomic mass is 16.2. The Morgan fingerprint density at radius 2 is 1.75 bits per heavy atom. The van der Waals surface area contributed by atoms with E-state index in [1.54, 1.807) is 28.3 Å². The molecule has 3 heterocycles. The van der Waals surface area contributed by atoms with Gasteiger partial charge in [-0.2, -0.15) is 0 Å². The van der Waals surface area contributed by atoms with Crippen molar-refractivity contribution < 1.29 is 14.4 Å². The molecule has 1 unspecified atom stereocenters. The largest absolute Gasteiger partial charge is 0.326 e. The van der Waals surface area contributed by atoms with Crippen LogP contribution in [-0.4, -0.2) is 44.4 Å². The molecular weight excluding hydrogens is 454 g/mol. The van der Waals surface area contributed by atoms with Crippen LogP contribution in [0.15, 0.2) is 79.1 Å². The number of aromatic nitrogens is 2. The van der Waals surface area contributed by atoms with E-state index in [0.717, 1.165) is 16.7 Å². The van der Waals surface area contributed by atoms with Gasteiger partial charge in [0.15, 0.2) is 0 Å². The van der Waals surface area contributed by atoms with Crippen LogP contribution in [-0.2, 0) is 9.59 Å². The maximum Gasteiger partial charge on any atom is 0.257 e. The van der Waals surface area contributed by atoms with Crippen LogP contribution >= 0.6 is 0 Å². The summed E-state index contributed by atoms with van der Waals surface area (Å²) in [4.78, 5) is 46.7. The Kier molecular flexibility index (Phi) is 5.10.